The molecule has 1 unspecified atom stereocenters. The number of pyridine rings is 1. The van der Waals surface area contributed by atoms with Crippen LogP contribution in [-0.2, 0) is 9.47 Å². The predicted octanol–water partition coefficient (Wildman–Crippen LogP) is 3.36. The van der Waals surface area contributed by atoms with Gasteiger partial charge in [0.15, 0.2) is 0 Å². The number of fused-ring (bicyclic) bond motifs is 2. The third-order valence-electron chi connectivity index (χ3n) is 6.51. The number of hydrogen-bond acceptors (Lipinski definition) is 5. The summed E-state index contributed by atoms with van der Waals surface area (Å²) in [5.41, 5.74) is 6.80. The Bertz CT molecular complexity index is 1000. The number of ether oxygens (including phenoxy) is 3. The molecule has 0 radical (unpaired) electrons. The molecule has 2 N–H and O–H groups in total. The fraction of sp³-hybridized carbons (Fsp3) is 0.429. The monoisotopic (exact) mass is 401 g/mol. The number of nitrogens with zero attached hydrogens (tertiary/aromatic N) is 2. The molecule has 2 aromatic rings. The Kier molecular flexibility index (Phi) is 4.03. The molecule has 1 aromatic carbocycles. The van der Waals surface area contributed by atoms with Gasteiger partial charge in [0.25, 0.3) is 6.02 Å². The minimum Gasteiger partial charge on any atom is -0.486 e. The summed E-state index contributed by atoms with van der Waals surface area (Å²) in [6.07, 6.45) is 2.93. The van der Waals surface area contributed by atoms with Crippen LogP contribution in [0.3, 0.4) is 0 Å². The molecular weight excluding hydrogens is 380 g/mol. The molecule has 1 saturated carbocycles. The highest BCUT2D eigenvalue weighted by Crippen LogP contribution is 2.63. The average molecular weight is 401 g/mol. The van der Waals surface area contributed by atoms with Crippen LogP contribution in [0.5, 0.6) is 5.75 Å². The molecule has 0 amide bonds. The van der Waals surface area contributed by atoms with Crippen molar-refractivity contribution < 1.29 is 23.0 Å². The molecule has 2 aliphatic heterocycles. The first-order valence-corrected chi connectivity index (χ1v) is 9.58. The quantitative estimate of drug-likeness (QED) is 0.474. The Morgan fingerprint density at radius 2 is 2.03 bits per heavy atom. The maximum atomic E-state index is 14.3. The molecule has 152 valence electrons. The van der Waals surface area contributed by atoms with E-state index in [9.17, 15) is 8.78 Å². The molecule has 3 aliphatic rings. The zero-order valence-electron chi connectivity index (χ0n) is 16.0. The van der Waals surface area contributed by atoms with Crippen LogP contribution < -0.4 is 10.5 Å². The summed E-state index contributed by atoms with van der Waals surface area (Å²) < 4.78 is 44.8. The number of amidine groups is 1. The van der Waals surface area contributed by atoms with Crippen molar-refractivity contribution in [3.05, 3.63) is 47.8 Å². The summed E-state index contributed by atoms with van der Waals surface area (Å²) in [4.78, 5) is 7.95. The summed E-state index contributed by atoms with van der Waals surface area (Å²) in [6, 6.07) is 7.61. The largest absolute Gasteiger partial charge is 0.486 e. The molecule has 2 spiro atoms. The van der Waals surface area contributed by atoms with Crippen LogP contribution in [0.1, 0.15) is 30.9 Å². The molecule has 1 aliphatic carbocycles. The first-order chi connectivity index (χ1) is 14.0. The van der Waals surface area contributed by atoms with Gasteiger partial charge in [-0.15, -0.1) is 0 Å². The van der Waals surface area contributed by atoms with E-state index in [0.29, 0.717) is 24.5 Å². The molecule has 1 atom stereocenters. The van der Waals surface area contributed by atoms with Crippen molar-refractivity contribution in [1.82, 2.24) is 4.98 Å². The van der Waals surface area contributed by atoms with E-state index >= 15 is 0 Å². The highest BCUT2D eigenvalue weighted by Gasteiger charge is 2.67. The molecular formula is C21H21F2N3O3. The third-order valence-corrected chi connectivity index (χ3v) is 6.51. The van der Waals surface area contributed by atoms with Gasteiger partial charge in [0, 0.05) is 11.1 Å². The van der Waals surface area contributed by atoms with Gasteiger partial charge >= 0.3 is 0 Å². The van der Waals surface area contributed by atoms with Gasteiger partial charge in [-0.25, -0.2) is 4.99 Å². The van der Waals surface area contributed by atoms with Crippen molar-refractivity contribution in [2.45, 2.75) is 30.9 Å². The second-order valence-electron chi connectivity index (χ2n) is 7.90. The topological polar surface area (TPSA) is 79.0 Å². The predicted molar refractivity (Wildman–Crippen MR) is 101 cm³/mol. The zero-order chi connectivity index (χ0) is 20.2. The minimum atomic E-state index is -0.865. The highest BCUT2D eigenvalue weighted by atomic mass is 19.1. The highest BCUT2D eigenvalue weighted by molar-refractivity contribution is 5.72. The van der Waals surface area contributed by atoms with E-state index < -0.39 is 11.9 Å². The average Bonchev–Trinajstić information content (AvgIpc) is 2.64. The third kappa shape index (κ3) is 2.55. The van der Waals surface area contributed by atoms with Gasteiger partial charge in [-0.2, -0.15) is 13.8 Å². The fourth-order valence-electron chi connectivity index (χ4n) is 4.72. The summed E-state index contributed by atoms with van der Waals surface area (Å²) in [5.74, 6) is -1.03. The molecule has 3 heterocycles. The minimum absolute atomic E-state index is 0.0728. The van der Waals surface area contributed by atoms with Gasteiger partial charge in [0.2, 0.25) is 11.9 Å². The van der Waals surface area contributed by atoms with E-state index in [1.165, 1.54) is 13.2 Å². The fourth-order valence-corrected chi connectivity index (χ4v) is 4.72. The van der Waals surface area contributed by atoms with Crippen LogP contribution >= 0.6 is 0 Å². The van der Waals surface area contributed by atoms with Crippen molar-refractivity contribution in [2.75, 3.05) is 20.3 Å². The summed E-state index contributed by atoms with van der Waals surface area (Å²) in [6.45, 7) is 1.02. The van der Waals surface area contributed by atoms with Gasteiger partial charge in [-0.3, -0.25) is 0 Å². The van der Waals surface area contributed by atoms with Gasteiger partial charge in [-0.1, -0.05) is 6.07 Å². The maximum Gasteiger partial charge on any atom is 0.282 e. The summed E-state index contributed by atoms with van der Waals surface area (Å²) in [7, 11) is 1.47. The van der Waals surface area contributed by atoms with Gasteiger partial charge < -0.3 is 19.9 Å². The number of aromatic nitrogens is 1. The normalized spacial score (nSPS) is 23.7. The Labute approximate surface area is 166 Å². The number of nitrogens with two attached hydrogens (primary N) is 1. The molecule has 0 bridgehead atoms. The first kappa shape index (κ1) is 18.3. The van der Waals surface area contributed by atoms with E-state index in [4.69, 9.17) is 19.9 Å². The van der Waals surface area contributed by atoms with Crippen molar-refractivity contribution in [2.24, 2.45) is 16.1 Å². The Morgan fingerprint density at radius 1 is 1.24 bits per heavy atom. The van der Waals surface area contributed by atoms with Gasteiger partial charge in [-0.05, 0) is 49.1 Å². The van der Waals surface area contributed by atoms with Crippen LogP contribution in [-0.4, -0.2) is 36.9 Å². The van der Waals surface area contributed by atoms with Crippen molar-refractivity contribution in [3.63, 3.8) is 0 Å². The van der Waals surface area contributed by atoms with E-state index in [0.717, 1.165) is 30.9 Å². The molecule has 1 saturated heterocycles. The number of methoxy groups -OCH3 is 1. The molecule has 5 rings (SSSR count). The lowest BCUT2D eigenvalue weighted by Gasteiger charge is -2.63. The van der Waals surface area contributed by atoms with Crippen molar-refractivity contribution >= 4 is 6.02 Å². The number of aliphatic imine (C=N–C) groups is 1. The second-order valence-corrected chi connectivity index (χ2v) is 7.90. The van der Waals surface area contributed by atoms with E-state index in [-0.39, 0.29) is 28.6 Å². The second kappa shape index (κ2) is 6.38. The van der Waals surface area contributed by atoms with Crippen LogP contribution in [0.2, 0.25) is 0 Å². The van der Waals surface area contributed by atoms with Gasteiger partial charge in [0.05, 0.1) is 31.8 Å². The zero-order valence-corrected chi connectivity index (χ0v) is 16.0. The maximum absolute atomic E-state index is 14.3. The summed E-state index contributed by atoms with van der Waals surface area (Å²) in [5, 5.41) is 0. The van der Waals surface area contributed by atoms with Crippen LogP contribution in [0.25, 0.3) is 11.1 Å². The number of halogens is 2. The smallest absolute Gasteiger partial charge is 0.282 e. The van der Waals surface area contributed by atoms with Crippen LogP contribution in [0.4, 0.5) is 8.78 Å². The van der Waals surface area contributed by atoms with E-state index in [1.807, 2.05) is 12.1 Å². The number of hydrogen-bond donors (Lipinski definition) is 1. The standard InChI is InChI=1S/C21H21F2N3O3/c1-27-19(24)26-17-14-9-12(13-4-6-16(22)25-18(13)23)3-5-15(14)29-21(7-2-8-21)20(17)10-28-11-20/h3-6,9,17H,2,7-8,10-11H2,1H3,(H2,24,26). The van der Waals surface area contributed by atoms with Gasteiger partial charge in [0.1, 0.15) is 11.4 Å². The number of rotatable bonds is 2. The van der Waals surface area contributed by atoms with Crippen LogP contribution in [0, 0.1) is 17.3 Å². The number of benzene rings is 1. The summed E-state index contributed by atoms with van der Waals surface area (Å²) >= 11 is 0. The SMILES string of the molecule is COC(N)=NC1c2cc(-c3ccc(F)nc3F)ccc2OC2(CCC2)C12COC2. The molecule has 1 aromatic heterocycles. The van der Waals surface area contributed by atoms with Crippen LogP contribution in [0.15, 0.2) is 35.3 Å². The Hall–Kier alpha value is -2.74. The molecule has 29 heavy (non-hydrogen) atoms. The lowest BCUT2D eigenvalue weighted by molar-refractivity contribution is -0.256. The molecule has 2 fully saturated rings. The molecule has 6 nitrogen and oxygen atoms in total. The Morgan fingerprint density at radius 3 is 2.62 bits per heavy atom. The van der Waals surface area contributed by atoms with E-state index in [2.05, 4.69) is 9.98 Å². The van der Waals surface area contributed by atoms with Crippen molar-refractivity contribution in [3.8, 4) is 16.9 Å². The Balaban J connectivity index is 1.67. The molecule has 8 heteroatoms. The van der Waals surface area contributed by atoms with E-state index in [1.54, 1.807) is 6.07 Å². The first-order valence-electron chi connectivity index (χ1n) is 9.58. The lowest BCUT2D eigenvalue weighted by Crippen LogP contribution is -2.69. The lowest BCUT2D eigenvalue weighted by atomic mass is 9.54. The van der Waals surface area contributed by atoms with Crippen molar-refractivity contribution in [1.29, 1.82) is 0 Å².